The van der Waals surface area contributed by atoms with Crippen LogP contribution in [0.15, 0.2) is 59.6 Å². The largest absolute Gasteiger partial charge is 0.349 e. The van der Waals surface area contributed by atoms with Gasteiger partial charge in [0, 0.05) is 36.6 Å². The summed E-state index contributed by atoms with van der Waals surface area (Å²) in [6.45, 7) is 9.17. The number of nitrogens with zero attached hydrogens (tertiary/aromatic N) is 6. The van der Waals surface area contributed by atoms with Crippen molar-refractivity contribution in [2.45, 2.75) is 6.92 Å². The maximum atomic E-state index is 13.6. The van der Waals surface area contributed by atoms with Crippen molar-refractivity contribution in [3.8, 4) is 21.1 Å². The molecule has 0 bridgehead atoms. The summed E-state index contributed by atoms with van der Waals surface area (Å²) in [7, 11) is 1.94. The maximum Gasteiger partial charge on any atom is 0.179 e. The second kappa shape index (κ2) is 7.48. The first kappa shape index (κ1) is 18.8. The molecule has 0 aliphatic carbocycles. The molecule has 0 saturated heterocycles. The highest BCUT2D eigenvalue weighted by Crippen LogP contribution is 2.36. The molecular formula is C21H17FN6S. The lowest BCUT2D eigenvalue weighted by Gasteiger charge is -2.08. The van der Waals surface area contributed by atoms with Crippen LogP contribution in [-0.4, -0.2) is 32.1 Å². The smallest absolute Gasteiger partial charge is 0.179 e. The molecule has 6 nitrogen and oxygen atoms in total. The van der Waals surface area contributed by atoms with Crippen LogP contribution in [0.4, 0.5) is 4.39 Å². The lowest BCUT2D eigenvalue weighted by atomic mass is 10.1. The third-order valence-electron chi connectivity index (χ3n) is 4.41. The van der Waals surface area contributed by atoms with Crippen molar-refractivity contribution >= 4 is 34.8 Å². The van der Waals surface area contributed by atoms with Crippen LogP contribution >= 0.6 is 11.3 Å². The number of aromatic nitrogens is 4. The Morgan fingerprint density at radius 3 is 2.83 bits per heavy atom. The Hall–Kier alpha value is -3.52. The molecule has 0 N–H and O–H groups in total. The minimum absolute atomic E-state index is 0.394. The Morgan fingerprint density at radius 1 is 1.28 bits per heavy atom. The van der Waals surface area contributed by atoms with Crippen LogP contribution < -0.4 is 0 Å². The zero-order valence-corrected chi connectivity index (χ0v) is 16.7. The molecule has 0 amide bonds. The molecule has 0 aliphatic rings. The molecule has 4 heterocycles. The van der Waals surface area contributed by atoms with Crippen molar-refractivity contribution in [2.75, 3.05) is 0 Å². The van der Waals surface area contributed by atoms with Gasteiger partial charge in [0.25, 0.3) is 0 Å². The number of fused-ring (bicyclic) bond motifs is 1. The molecule has 0 aromatic carbocycles. The molecule has 4 rings (SSSR count). The van der Waals surface area contributed by atoms with Crippen molar-refractivity contribution in [3.05, 3.63) is 66.8 Å². The standard InChI is InChI=1S/C21H17FN6S/c1-5-25-20(23-3)17-18-13(6-7-28(18)4)9-16(27-17)19-12(2)26-21(29-19)14-8-15(22)11-24-10-14/h5-11H,1,3H2,2,4H3. The average Bonchev–Trinajstić information content (AvgIpc) is 3.28. The van der Waals surface area contributed by atoms with Gasteiger partial charge in [0.15, 0.2) is 5.84 Å². The predicted molar refractivity (Wildman–Crippen MR) is 116 cm³/mol. The van der Waals surface area contributed by atoms with E-state index in [1.165, 1.54) is 29.8 Å². The molecule has 0 fully saturated rings. The summed E-state index contributed by atoms with van der Waals surface area (Å²) in [4.78, 5) is 22.5. The monoisotopic (exact) mass is 404 g/mol. The van der Waals surface area contributed by atoms with Gasteiger partial charge >= 0.3 is 0 Å². The first-order valence-corrected chi connectivity index (χ1v) is 9.54. The third-order valence-corrected chi connectivity index (χ3v) is 5.64. The van der Waals surface area contributed by atoms with Gasteiger partial charge in [-0.15, -0.1) is 11.3 Å². The Bertz CT molecular complexity index is 1280. The number of rotatable bonds is 4. The summed E-state index contributed by atoms with van der Waals surface area (Å²) in [5, 5.41) is 1.68. The number of aryl methyl sites for hydroxylation is 2. The molecule has 29 heavy (non-hydrogen) atoms. The first-order chi connectivity index (χ1) is 14.0. The number of halogens is 1. The molecule has 4 aromatic heterocycles. The van der Waals surface area contributed by atoms with Crippen molar-refractivity contribution in [3.63, 3.8) is 0 Å². The number of thiazole rings is 1. The summed E-state index contributed by atoms with van der Waals surface area (Å²) in [6.07, 6.45) is 6.14. The molecular weight excluding hydrogens is 387 g/mol. The molecule has 0 saturated carbocycles. The number of amidine groups is 1. The molecule has 0 unspecified atom stereocenters. The molecule has 0 radical (unpaired) electrons. The highest BCUT2D eigenvalue weighted by Gasteiger charge is 2.18. The molecule has 8 heteroatoms. The van der Waals surface area contributed by atoms with E-state index in [4.69, 9.17) is 4.98 Å². The van der Waals surface area contributed by atoms with Gasteiger partial charge in [-0.1, -0.05) is 6.58 Å². The second-order valence-electron chi connectivity index (χ2n) is 6.34. The fourth-order valence-electron chi connectivity index (χ4n) is 3.14. The molecule has 144 valence electrons. The summed E-state index contributed by atoms with van der Waals surface area (Å²) < 4.78 is 15.5. The SMILES string of the molecule is C=CN=C(N=C)c1nc(-c2sc(-c3cncc(F)c3)nc2C)cc2ccn(C)c12. The van der Waals surface area contributed by atoms with E-state index in [0.717, 1.165) is 27.2 Å². The Kier molecular flexibility index (Phi) is 4.85. The first-order valence-electron chi connectivity index (χ1n) is 8.72. The molecule has 4 aromatic rings. The van der Waals surface area contributed by atoms with E-state index in [1.807, 2.05) is 36.9 Å². The summed E-state index contributed by atoms with van der Waals surface area (Å²) in [5.41, 5.74) is 3.69. The van der Waals surface area contributed by atoms with Crippen LogP contribution in [0.2, 0.25) is 0 Å². The van der Waals surface area contributed by atoms with Gasteiger partial charge in [0.05, 0.1) is 28.0 Å². The highest BCUT2D eigenvalue weighted by molar-refractivity contribution is 7.18. The molecule has 0 spiro atoms. The van der Waals surface area contributed by atoms with E-state index >= 15 is 0 Å². The summed E-state index contributed by atoms with van der Waals surface area (Å²) in [6, 6.07) is 5.43. The van der Waals surface area contributed by atoms with E-state index in [9.17, 15) is 4.39 Å². The minimum atomic E-state index is -0.398. The normalized spacial score (nSPS) is 11.8. The zero-order chi connectivity index (χ0) is 20.5. The summed E-state index contributed by atoms with van der Waals surface area (Å²) >= 11 is 1.44. The van der Waals surface area contributed by atoms with E-state index in [-0.39, 0.29) is 0 Å². The molecule has 0 aliphatic heterocycles. The fourth-order valence-corrected chi connectivity index (χ4v) is 4.15. The Labute approximate surface area is 170 Å². The van der Waals surface area contributed by atoms with Gasteiger partial charge in [0.2, 0.25) is 0 Å². The lowest BCUT2D eigenvalue weighted by molar-refractivity contribution is 0.622. The van der Waals surface area contributed by atoms with Crippen LogP contribution in [0.3, 0.4) is 0 Å². The predicted octanol–water partition coefficient (Wildman–Crippen LogP) is 4.80. The lowest BCUT2D eigenvalue weighted by Crippen LogP contribution is -2.05. The number of aliphatic imine (C=N–C) groups is 2. The average molecular weight is 404 g/mol. The zero-order valence-electron chi connectivity index (χ0n) is 15.9. The van der Waals surface area contributed by atoms with Gasteiger partial charge in [-0.2, -0.15) is 0 Å². The minimum Gasteiger partial charge on any atom is -0.349 e. The van der Waals surface area contributed by atoms with Crippen LogP contribution in [0, 0.1) is 12.7 Å². The van der Waals surface area contributed by atoms with Gasteiger partial charge in [-0.05, 0) is 31.8 Å². The van der Waals surface area contributed by atoms with Crippen molar-refractivity contribution in [1.82, 2.24) is 19.5 Å². The van der Waals surface area contributed by atoms with Crippen molar-refractivity contribution in [2.24, 2.45) is 17.0 Å². The second-order valence-corrected chi connectivity index (χ2v) is 7.34. The van der Waals surface area contributed by atoms with Crippen LogP contribution in [0.25, 0.3) is 32.0 Å². The number of hydrogen-bond acceptors (Lipinski definition) is 5. The van der Waals surface area contributed by atoms with Gasteiger partial charge < -0.3 is 4.57 Å². The Balaban J connectivity index is 1.92. The fraction of sp³-hybridized carbons (Fsp3) is 0.0952. The number of pyridine rings is 2. The topological polar surface area (TPSA) is 68.3 Å². The van der Waals surface area contributed by atoms with Crippen LogP contribution in [-0.2, 0) is 7.05 Å². The van der Waals surface area contributed by atoms with Crippen LogP contribution in [0.1, 0.15) is 11.4 Å². The maximum absolute atomic E-state index is 13.6. The van der Waals surface area contributed by atoms with Gasteiger partial charge in [-0.25, -0.2) is 24.3 Å². The van der Waals surface area contributed by atoms with Crippen LogP contribution in [0.5, 0.6) is 0 Å². The van der Waals surface area contributed by atoms with E-state index in [2.05, 4.69) is 33.2 Å². The highest BCUT2D eigenvalue weighted by atomic mass is 32.1. The van der Waals surface area contributed by atoms with Gasteiger partial charge in [0.1, 0.15) is 16.5 Å². The van der Waals surface area contributed by atoms with Gasteiger partial charge in [-0.3, -0.25) is 4.98 Å². The quantitative estimate of drug-likeness (QED) is 0.362. The van der Waals surface area contributed by atoms with E-state index < -0.39 is 5.82 Å². The van der Waals surface area contributed by atoms with Crippen molar-refractivity contribution < 1.29 is 4.39 Å². The van der Waals surface area contributed by atoms with E-state index in [1.54, 1.807) is 6.20 Å². The van der Waals surface area contributed by atoms with Crippen molar-refractivity contribution in [1.29, 1.82) is 0 Å². The Morgan fingerprint density at radius 2 is 2.10 bits per heavy atom. The molecule has 0 atom stereocenters. The third kappa shape index (κ3) is 3.38. The van der Waals surface area contributed by atoms with E-state index in [0.29, 0.717) is 22.1 Å². The summed E-state index contributed by atoms with van der Waals surface area (Å²) in [5.74, 6) is -0.00396. The number of hydrogen-bond donors (Lipinski definition) is 0.